The number of likely N-dealkylation sites (tertiary alicyclic amines) is 1. The molecule has 8 nitrogen and oxygen atoms in total. The summed E-state index contributed by atoms with van der Waals surface area (Å²) in [6.07, 6.45) is 0.320. The molecule has 1 saturated heterocycles. The normalized spacial score (nSPS) is 16.4. The quantitative estimate of drug-likeness (QED) is 0.726. The van der Waals surface area contributed by atoms with Gasteiger partial charge in [-0.25, -0.2) is 9.59 Å². The zero-order valence-electron chi connectivity index (χ0n) is 16.7. The van der Waals surface area contributed by atoms with E-state index < -0.39 is 23.8 Å². The molecule has 1 aromatic rings. The highest BCUT2D eigenvalue weighted by Crippen LogP contribution is 2.20. The van der Waals surface area contributed by atoms with Crippen molar-refractivity contribution < 1.29 is 23.9 Å². The first-order chi connectivity index (χ1) is 13.3. The van der Waals surface area contributed by atoms with Gasteiger partial charge in [-0.2, -0.15) is 0 Å². The minimum Gasteiger partial charge on any atom is -0.445 e. The van der Waals surface area contributed by atoms with Crippen molar-refractivity contribution in [3.63, 3.8) is 0 Å². The number of nitrogens with zero attached hydrogens (tertiary/aromatic N) is 1. The van der Waals surface area contributed by atoms with Gasteiger partial charge in [-0.05, 0) is 39.2 Å². The highest BCUT2D eigenvalue weighted by molar-refractivity contribution is 5.86. The third-order valence-electron chi connectivity index (χ3n) is 4.09. The Hall–Kier alpha value is -2.77. The molecule has 0 aliphatic carbocycles. The van der Waals surface area contributed by atoms with Crippen LogP contribution in [0.2, 0.25) is 0 Å². The molecule has 0 bridgehead atoms. The average Bonchev–Trinajstić information content (AvgIpc) is 3.13. The molecule has 0 aromatic heterocycles. The largest absolute Gasteiger partial charge is 0.445 e. The smallest absolute Gasteiger partial charge is 0.410 e. The molecule has 0 spiro atoms. The number of ether oxygens (including phenoxy) is 2. The average molecular weight is 391 g/mol. The topological polar surface area (TPSA) is 97.0 Å². The van der Waals surface area contributed by atoms with E-state index in [0.717, 1.165) is 12.0 Å². The van der Waals surface area contributed by atoms with Crippen LogP contribution in [-0.2, 0) is 20.9 Å². The lowest BCUT2D eigenvalue weighted by atomic mass is 10.2. The third kappa shape index (κ3) is 7.09. The van der Waals surface area contributed by atoms with Crippen LogP contribution >= 0.6 is 0 Å². The molecular weight excluding hydrogens is 362 g/mol. The molecular formula is C20H29N3O5. The summed E-state index contributed by atoms with van der Waals surface area (Å²) in [4.78, 5) is 37.7. The van der Waals surface area contributed by atoms with Crippen LogP contribution in [0.15, 0.2) is 30.3 Å². The lowest BCUT2D eigenvalue weighted by Gasteiger charge is -2.28. The van der Waals surface area contributed by atoms with Crippen molar-refractivity contribution in [2.24, 2.45) is 0 Å². The number of alkyl carbamates (subject to hydrolysis) is 1. The Labute approximate surface area is 165 Å². The first-order valence-electron chi connectivity index (χ1n) is 9.48. The number of carbonyl (C=O) groups excluding carboxylic acids is 3. The SMILES string of the molecule is CC(C)(C)OC(=O)N1CCC[C@H]1C(=O)NCCNC(=O)OCc1ccccc1. The van der Waals surface area contributed by atoms with Crippen molar-refractivity contribution >= 4 is 18.1 Å². The Morgan fingerprint density at radius 3 is 2.46 bits per heavy atom. The first kappa shape index (κ1) is 21.5. The first-order valence-corrected chi connectivity index (χ1v) is 9.48. The van der Waals surface area contributed by atoms with Gasteiger partial charge in [0.2, 0.25) is 5.91 Å². The zero-order valence-corrected chi connectivity index (χ0v) is 16.7. The molecule has 8 heteroatoms. The van der Waals surface area contributed by atoms with Crippen molar-refractivity contribution in [2.75, 3.05) is 19.6 Å². The second kappa shape index (κ2) is 9.96. The minimum atomic E-state index is -0.606. The predicted molar refractivity (Wildman–Crippen MR) is 104 cm³/mol. The molecule has 0 saturated carbocycles. The number of benzene rings is 1. The van der Waals surface area contributed by atoms with Gasteiger partial charge in [-0.3, -0.25) is 9.69 Å². The van der Waals surface area contributed by atoms with Crippen LogP contribution in [0.25, 0.3) is 0 Å². The van der Waals surface area contributed by atoms with E-state index in [9.17, 15) is 14.4 Å². The van der Waals surface area contributed by atoms with Crippen molar-refractivity contribution in [1.82, 2.24) is 15.5 Å². The van der Waals surface area contributed by atoms with Crippen LogP contribution < -0.4 is 10.6 Å². The van der Waals surface area contributed by atoms with Crippen LogP contribution in [0.5, 0.6) is 0 Å². The van der Waals surface area contributed by atoms with E-state index in [1.807, 2.05) is 30.3 Å². The third-order valence-corrected chi connectivity index (χ3v) is 4.09. The van der Waals surface area contributed by atoms with Gasteiger partial charge in [-0.1, -0.05) is 30.3 Å². The molecule has 1 atom stereocenters. The maximum atomic E-state index is 12.4. The molecule has 1 aliphatic rings. The second-order valence-corrected chi connectivity index (χ2v) is 7.61. The fourth-order valence-corrected chi connectivity index (χ4v) is 2.82. The molecule has 1 fully saturated rings. The Morgan fingerprint density at radius 1 is 1.11 bits per heavy atom. The molecule has 0 unspecified atom stereocenters. The van der Waals surface area contributed by atoms with Gasteiger partial charge in [0.1, 0.15) is 18.2 Å². The number of rotatable bonds is 6. The fourth-order valence-electron chi connectivity index (χ4n) is 2.82. The summed E-state index contributed by atoms with van der Waals surface area (Å²) in [6.45, 7) is 6.54. The van der Waals surface area contributed by atoms with Gasteiger partial charge in [0.25, 0.3) is 0 Å². The summed E-state index contributed by atoms with van der Waals surface area (Å²) in [5.74, 6) is -0.247. The van der Waals surface area contributed by atoms with Crippen molar-refractivity contribution in [3.05, 3.63) is 35.9 Å². The van der Waals surface area contributed by atoms with Crippen molar-refractivity contribution in [1.29, 1.82) is 0 Å². The monoisotopic (exact) mass is 391 g/mol. The van der Waals surface area contributed by atoms with Gasteiger partial charge in [0.05, 0.1) is 0 Å². The Bertz CT molecular complexity index is 672. The predicted octanol–water partition coefficient (Wildman–Crippen LogP) is 2.43. The standard InChI is InChI=1S/C20H29N3O5/c1-20(2,3)28-19(26)23-13-7-10-16(23)17(24)21-11-12-22-18(25)27-14-15-8-5-4-6-9-15/h4-6,8-9,16H,7,10-14H2,1-3H3,(H,21,24)(H,22,25)/t16-/m0/s1. The summed E-state index contributed by atoms with van der Waals surface area (Å²) in [7, 11) is 0. The number of amides is 3. The molecule has 2 N–H and O–H groups in total. The van der Waals surface area contributed by atoms with E-state index in [1.165, 1.54) is 4.90 Å². The Kier molecular flexibility index (Phi) is 7.66. The van der Waals surface area contributed by atoms with Gasteiger partial charge in [0, 0.05) is 19.6 Å². The summed E-state index contributed by atoms with van der Waals surface area (Å²) in [6, 6.07) is 8.82. The molecule has 1 aromatic carbocycles. The molecule has 1 aliphatic heterocycles. The maximum absolute atomic E-state index is 12.4. The fraction of sp³-hybridized carbons (Fsp3) is 0.550. The van der Waals surface area contributed by atoms with Crippen LogP contribution in [0, 0.1) is 0 Å². The summed E-state index contributed by atoms with van der Waals surface area (Å²) in [5.41, 5.74) is 0.291. The lowest BCUT2D eigenvalue weighted by Crippen LogP contribution is -2.48. The van der Waals surface area contributed by atoms with Crippen LogP contribution in [0.4, 0.5) is 9.59 Å². The number of carbonyl (C=O) groups is 3. The molecule has 2 rings (SSSR count). The zero-order chi connectivity index (χ0) is 20.6. The molecule has 154 valence electrons. The molecule has 28 heavy (non-hydrogen) atoms. The lowest BCUT2D eigenvalue weighted by molar-refractivity contribution is -0.125. The van der Waals surface area contributed by atoms with Crippen molar-refractivity contribution in [3.8, 4) is 0 Å². The van der Waals surface area contributed by atoms with Gasteiger partial charge in [-0.15, -0.1) is 0 Å². The Balaban J connectivity index is 1.67. The summed E-state index contributed by atoms with van der Waals surface area (Å²) < 4.78 is 10.5. The molecule has 0 radical (unpaired) electrons. The van der Waals surface area contributed by atoms with E-state index in [-0.39, 0.29) is 25.6 Å². The van der Waals surface area contributed by atoms with Gasteiger partial charge < -0.3 is 20.1 Å². The van der Waals surface area contributed by atoms with Crippen molar-refractivity contribution in [2.45, 2.75) is 51.9 Å². The molecule has 3 amide bonds. The Morgan fingerprint density at radius 2 is 1.79 bits per heavy atom. The van der Waals surface area contributed by atoms with Gasteiger partial charge in [0.15, 0.2) is 0 Å². The van der Waals surface area contributed by atoms with E-state index in [1.54, 1.807) is 20.8 Å². The van der Waals surface area contributed by atoms with E-state index in [2.05, 4.69) is 10.6 Å². The summed E-state index contributed by atoms with van der Waals surface area (Å²) >= 11 is 0. The highest BCUT2D eigenvalue weighted by atomic mass is 16.6. The van der Waals surface area contributed by atoms with Gasteiger partial charge >= 0.3 is 12.2 Å². The van der Waals surface area contributed by atoms with Crippen LogP contribution in [-0.4, -0.2) is 54.3 Å². The van der Waals surface area contributed by atoms with Crippen LogP contribution in [0.3, 0.4) is 0 Å². The number of hydrogen-bond acceptors (Lipinski definition) is 5. The second-order valence-electron chi connectivity index (χ2n) is 7.61. The summed E-state index contributed by atoms with van der Waals surface area (Å²) in [5, 5.41) is 5.33. The van der Waals surface area contributed by atoms with E-state index >= 15 is 0 Å². The minimum absolute atomic E-state index is 0.186. The van der Waals surface area contributed by atoms with Crippen LogP contribution in [0.1, 0.15) is 39.2 Å². The number of hydrogen-bond donors (Lipinski definition) is 2. The maximum Gasteiger partial charge on any atom is 0.410 e. The number of nitrogens with one attached hydrogen (secondary N) is 2. The van der Waals surface area contributed by atoms with E-state index in [4.69, 9.17) is 9.47 Å². The molecule has 1 heterocycles. The van der Waals surface area contributed by atoms with E-state index in [0.29, 0.717) is 13.0 Å². The highest BCUT2D eigenvalue weighted by Gasteiger charge is 2.36.